The second-order valence-electron chi connectivity index (χ2n) is 12.7. The topological polar surface area (TPSA) is 121 Å². The van der Waals surface area contributed by atoms with Gasteiger partial charge in [-0.25, -0.2) is 24.3 Å². The van der Waals surface area contributed by atoms with Gasteiger partial charge >= 0.3 is 12.4 Å². The zero-order valence-corrected chi connectivity index (χ0v) is 27.8. The molecule has 2 aromatic heterocycles. The van der Waals surface area contributed by atoms with Gasteiger partial charge < -0.3 is 15.5 Å². The van der Waals surface area contributed by atoms with Crippen molar-refractivity contribution in [3.63, 3.8) is 0 Å². The van der Waals surface area contributed by atoms with Crippen molar-refractivity contribution in [1.29, 1.82) is 0 Å². The summed E-state index contributed by atoms with van der Waals surface area (Å²) < 4.78 is 95.6. The van der Waals surface area contributed by atoms with E-state index in [1.165, 1.54) is 23.2 Å². The Morgan fingerprint density at radius 3 is 2.33 bits per heavy atom. The van der Waals surface area contributed by atoms with Gasteiger partial charge in [-0.2, -0.15) is 26.3 Å². The maximum atomic E-state index is 14.2. The van der Waals surface area contributed by atoms with Gasteiger partial charge in [-0.1, -0.05) is 18.2 Å². The fraction of sp³-hybridized carbons (Fsp3) is 0.314. The number of guanidine groups is 1. The number of anilines is 1. The molecule has 17 heteroatoms. The number of amides is 2. The number of carbonyl (C=O) groups excluding carboxylic acids is 2. The number of nitrogens with two attached hydrogens (primary N) is 1. The van der Waals surface area contributed by atoms with Crippen LogP contribution >= 0.6 is 0 Å². The van der Waals surface area contributed by atoms with Crippen LogP contribution in [0.5, 0.6) is 0 Å². The molecule has 2 N–H and O–H groups in total. The molecule has 272 valence electrons. The molecule has 0 radical (unpaired) electrons. The van der Waals surface area contributed by atoms with Crippen LogP contribution in [-0.4, -0.2) is 62.8 Å². The summed E-state index contributed by atoms with van der Waals surface area (Å²) >= 11 is 0. The molecule has 0 fully saturated rings. The lowest BCUT2D eigenvalue weighted by Crippen LogP contribution is -2.42. The van der Waals surface area contributed by atoms with E-state index in [0.29, 0.717) is 28.5 Å². The van der Waals surface area contributed by atoms with E-state index >= 15 is 0 Å². The summed E-state index contributed by atoms with van der Waals surface area (Å²) in [5.74, 6) is -1.81. The van der Waals surface area contributed by atoms with Crippen molar-refractivity contribution in [3.05, 3.63) is 106 Å². The van der Waals surface area contributed by atoms with Crippen LogP contribution in [0.1, 0.15) is 57.6 Å². The molecule has 2 aromatic carbocycles. The Morgan fingerprint density at radius 1 is 0.962 bits per heavy atom. The Hall–Kier alpha value is -5.61. The zero-order chi connectivity index (χ0) is 37.6. The molecule has 4 heterocycles. The maximum Gasteiger partial charge on any atom is 0.417 e. The van der Waals surface area contributed by atoms with Crippen molar-refractivity contribution in [2.75, 3.05) is 19.0 Å². The average Bonchev–Trinajstić information content (AvgIpc) is 3.62. The lowest BCUT2D eigenvalue weighted by atomic mass is 9.84. The fourth-order valence-electron chi connectivity index (χ4n) is 6.24. The smallest absolute Gasteiger partial charge is 0.369 e. The first kappa shape index (κ1) is 36.2. The molecular weight excluding hydrogens is 697 g/mol. The van der Waals surface area contributed by atoms with Crippen molar-refractivity contribution in [1.82, 2.24) is 24.8 Å². The van der Waals surface area contributed by atoms with Gasteiger partial charge in [-0.05, 0) is 60.4 Å². The van der Waals surface area contributed by atoms with Crippen LogP contribution in [-0.2, 0) is 36.1 Å². The number of hydrogen-bond donors (Lipinski definition) is 1. The number of aliphatic imine (C=N–C) groups is 1. The first-order chi connectivity index (χ1) is 24.4. The van der Waals surface area contributed by atoms with Crippen LogP contribution in [0.2, 0.25) is 0 Å². The van der Waals surface area contributed by atoms with Crippen LogP contribution < -0.4 is 10.6 Å². The summed E-state index contributed by atoms with van der Waals surface area (Å²) in [4.78, 5) is 49.1. The molecule has 2 aliphatic rings. The van der Waals surface area contributed by atoms with E-state index in [2.05, 4.69) is 19.9 Å². The number of alkyl halides is 6. The van der Waals surface area contributed by atoms with Crippen LogP contribution in [0.3, 0.4) is 0 Å². The molecule has 0 aliphatic carbocycles. The van der Waals surface area contributed by atoms with Crippen molar-refractivity contribution >= 4 is 23.6 Å². The van der Waals surface area contributed by atoms with Crippen molar-refractivity contribution in [2.24, 2.45) is 10.7 Å². The normalized spacial score (nSPS) is 17.4. The second-order valence-corrected chi connectivity index (χ2v) is 12.7. The average molecular weight is 729 g/mol. The van der Waals surface area contributed by atoms with Crippen LogP contribution in [0, 0.1) is 5.82 Å². The number of fused-ring (bicyclic) bond motifs is 1. The Labute approximate surface area is 292 Å². The van der Waals surface area contributed by atoms with Crippen LogP contribution in [0.15, 0.2) is 72.0 Å². The highest BCUT2D eigenvalue weighted by molar-refractivity contribution is 6.07. The monoisotopic (exact) mass is 728 g/mol. The quantitative estimate of drug-likeness (QED) is 0.204. The molecule has 10 nitrogen and oxygen atoms in total. The van der Waals surface area contributed by atoms with E-state index in [4.69, 9.17) is 5.73 Å². The first-order valence-corrected chi connectivity index (χ1v) is 15.9. The lowest BCUT2D eigenvalue weighted by Gasteiger charge is -2.27. The molecule has 2 amide bonds. The number of benzene rings is 2. The summed E-state index contributed by atoms with van der Waals surface area (Å²) in [6.45, 7) is -0.614. The standard InChI is InChI=1S/C35H31F7N8O2/c1-48(2)28-11-5-21(15-44-28)29-45-16-22-18-49(19-27(22)46-29)30(51)25-14-20(4-10-26(25)35(40,41)42)17-50-31(52)33(47-32(50)43,12-3-13-34(37,38)39)23-6-8-24(36)9-7-23/h4-11,14-16H,3,12-13,17-19H2,1-2H3,(H2,43,47)/t33-/m1/s1. The Balaban J connectivity index is 1.26. The summed E-state index contributed by atoms with van der Waals surface area (Å²) in [5.41, 5.74) is 4.06. The Bertz CT molecular complexity index is 2030. The third kappa shape index (κ3) is 7.25. The van der Waals surface area contributed by atoms with Gasteiger partial charge in [0.2, 0.25) is 0 Å². The van der Waals surface area contributed by atoms with Crippen molar-refractivity contribution < 1.29 is 40.3 Å². The van der Waals surface area contributed by atoms with Gasteiger partial charge in [0.1, 0.15) is 11.6 Å². The largest absolute Gasteiger partial charge is 0.417 e. The highest BCUT2D eigenvalue weighted by Gasteiger charge is 2.49. The SMILES string of the molecule is CN(C)c1ccc(-c2ncc3c(n2)CN(C(=O)c2cc(CN4C(=O)[C@@](CCCC(F)(F)F)(c5ccc(F)cc5)N=C4N)ccc2C(F)(F)F)C3)cn1. The minimum absolute atomic E-state index is 0.0594. The molecule has 2 aliphatic heterocycles. The van der Waals surface area contributed by atoms with Crippen molar-refractivity contribution in [3.8, 4) is 11.4 Å². The summed E-state index contributed by atoms with van der Waals surface area (Å²) in [6.07, 6.45) is -8.51. The van der Waals surface area contributed by atoms with Crippen LogP contribution in [0.25, 0.3) is 11.4 Å². The second kappa shape index (κ2) is 13.5. The van der Waals surface area contributed by atoms with E-state index in [1.54, 1.807) is 18.3 Å². The maximum absolute atomic E-state index is 14.2. The molecular formula is C35H31F7N8O2. The fourth-order valence-corrected chi connectivity index (χ4v) is 6.24. The molecule has 0 saturated carbocycles. The predicted octanol–water partition coefficient (Wildman–Crippen LogP) is 6.20. The number of halogens is 7. The van der Waals surface area contributed by atoms with E-state index in [9.17, 15) is 40.3 Å². The minimum Gasteiger partial charge on any atom is -0.369 e. The van der Waals surface area contributed by atoms with Gasteiger partial charge in [-0.15, -0.1) is 0 Å². The number of pyridine rings is 1. The highest BCUT2D eigenvalue weighted by atomic mass is 19.4. The number of carbonyl (C=O) groups is 2. The first-order valence-electron chi connectivity index (χ1n) is 15.9. The summed E-state index contributed by atoms with van der Waals surface area (Å²) in [7, 11) is 3.67. The van der Waals surface area contributed by atoms with Gasteiger partial charge in [0.25, 0.3) is 11.8 Å². The van der Waals surface area contributed by atoms with Gasteiger partial charge in [0.05, 0.1) is 29.9 Å². The van der Waals surface area contributed by atoms with E-state index in [-0.39, 0.29) is 24.2 Å². The van der Waals surface area contributed by atoms with Gasteiger partial charge in [-0.3, -0.25) is 14.5 Å². The number of rotatable bonds is 9. The Morgan fingerprint density at radius 2 is 1.69 bits per heavy atom. The van der Waals surface area contributed by atoms with Gasteiger partial charge in [0, 0.05) is 50.6 Å². The third-order valence-corrected chi connectivity index (χ3v) is 8.87. The number of hydrogen-bond acceptors (Lipinski definition) is 8. The minimum atomic E-state index is -4.92. The van der Waals surface area contributed by atoms with E-state index in [0.717, 1.165) is 35.2 Å². The third-order valence-electron chi connectivity index (χ3n) is 8.87. The lowest BCUT2D eigenvalue weighted by molar-refractivity contribution is -0.139. The molecule has 52 heavy (non-hydrogen) atoms. The molecule has 4 aromatic rings. The molecule has 0 bridgehead atoms. The predicted molar refractivity (Wildman–Crippen MR) is 175 cm³/mol. The molecule has 0 saturated heterocycles. The molecule has 0 spiro atoms. The van der Waals surface area contributed by atoms with Crippen molar-refractivity contribution in [2.45, 2.75) is 56.8 Å². The van der Waals surface area contributed by atoms with E-state index in [1.807, 2.05) is 19.0 Å². The van der Waals surface area contributed by atoms with Crippen LogP contribution in [0.4, 0.5) is 36.6 Å². The molecule has 6 rings (SSSR count). The highest BCUT2D eigenvalue weighted by Crippen LogP contribution is 2.40. The van der Waals surface area contributed by atoms with E-state index < -0.39 is 78.4 Å². The summed E-state index contributed by atoms with van der Waals surface area (Å²) in [5, 5.41) is 0. The molecule has 1 atom stereocenters. The van der Waals surface area contributed by atoms with Gasteiger partial charge in [0.15, 0.2) is 17.3 Å². The Kier molecular flexibility index (Phi) is 9.40. The number of nitrogens with zero attached hydrogens (tertiary/aromatic N) is 7. The summed E-state index contributed by atoms with van der Waals surface area (Å²) in [6, 6.07) is 10.8. The number of aromatic nitrogens is 3. The zero-order valence-electron chi connectivity index (χ0n) is 27.8. The molecule has 0 unspecified atom stereocenters.